The average Bonchev–Trinajstić information content (AvgIpc) is 2.59. The SMILES string of the molecule is CCCCCNc1cnn(CC(F)F)c1. The third-order valence-electron chi connectivity index (χ3n) is 2.07. The first-order chi connectivity index (χ1) is 7.22. The predicted molar refractivity (Wildman–Crippen MR) is 56.2 cm³/mol. The first-order valence-corrected chi connectivity index (χ1v) is 5.27. The van der Waals surface area contributed by atoms with Gasteiger partial charge in [0.1, 0.15) is 6.54 Å². The van der Waals surface area contributed by atoms with Gasteiger partial charge in [0.15, 0.2) is 0 Å². The standard InChI is InChI=1S/C10H17F2N3/c1-2-3-4-5-13-9-6-14-15(7-9)8-10(11)12/h6-7,10,13H,2-5,8H2,1H3. The molecule has 0 fully saturated rings. The van der Waals surface area contributed by atoms with Gasteiger partial charge in [0.25, 0.3) is 6.43 Å². The first kappa shape index (κ1) is 11.9. The summed E-state index contributed by atoms with van der Waals surface area (Å²) in [5.41, 5.74) is 0.812. The van der Waals surface area contributed by atoms with Gasteiger partial charge in [-0.25, -0.2) is 8.78 Å². The molecule has 0 unspecified atom stereocenters. The molecule has 1 aromatic heterocycles. The minimum atomic E-state index is -2.35. The topological polar surface area (TPSA) is 29.9 Å². The lowest BCUT2D eigenvalue weighted by Crippen LogP contribution is -2.06. The Hall–Kier alpha value is -1.13. The summed E-state index contributed by atoms with van der Waals surface area (Å²) in [7, 11) is 0. The van der Waals surface area contributed by atoms with Crippen molar-refractivity contribution in [3.05, 3.63) is 12.4 Å². The van der Waals surface area contributed by atoms with Crippen molar-refractivity contribution >= 4 is 5.69 Å². The zero-order valence-electron chi connectivity index (χ0n) is 8.92. The van der Waals surface area contributed by atoms with Crippen LogP contribution >= 0.6 is 0 Å². The zero-order valence-corrected chi connectivity index (χ0v) is 8.92. The van der Waals surface area contributed by atoms with Crippen LogP contribution in [0.15, 0.2) is 12.4 Å². The van der Waals surface area contributed by atoms with Crippen molar-refractivity contribution in [2.24, 2.45) is 0 Å². The van der Waals surface area contributed by atoms with Crippen LogP contribution < -0.4 is 5.32 Å². The third kappa shape index (κ3) is 4.76. The number of rotatable bonds is 7. The Balaban J connectivity index is 2.26. The fraction of sp³-hybridized carbons (Fsp3) is 0.700. The van der Waals surface area contributed by atoms with E-state index in [2.05, 4.69) is 17.3 Å². The molecule has 5 heteroatoms. The number of nitrogens with one attached hydrogen (secondary N) is 1. The molecule has 1 N–H and O–H groups in total. The lowest BCUT2D eigenvalue weighted by Gasteiger charge is -2.01. The Kier molecular flexibility index (Phi) is 5.07. The molecular formula is C10H17F2N3. The van der Waals surface area contributed by atoms with E-state index >= 15 is 0 Å². The summed E-state index contributed by atoms with van der Waals surface area (Å²) >= 11 is 0. The molecule has 0 radical (unpaired) electrons. The van der Waals surface area contributed by atoms with Crippen LogP contribution in [0, 0.1) is 0 Å². The van der Waals surface area contributed by atoms with Gasteiger partial charge < -0.3 is 5.32 Å². The van der Waals surface area contributed by atoms with E-state index in [1.54, 1.807) is 12.4 Å². The van der Waals surface area contributed by atoms with Crippen molar-refractivity contribution in [3.8, 4) is 0 Å². The second-order valence-electron chi connectivity index (χ2n) is 3.48. The molecule has 15 heavy (non-hydrogen) atoms. The Morgan fingerprint density at radius 2 is 2.27 bits per heavy atom. The second kappa shape index (κ2) is 6.37. The molecule has 86 valence electrons. The summed E-state index contributed by atoms with van der Waals surface area (Å²) in [6.07, 6.45) is 4.28. The molecule has 1 aromatic rings. The Labute approximate surface area is 88.5 Å². The maximum atomic E-state index is 12.0. The lowest BCUT2D eigenvalue weighted by molar-refractivity contribution is 0.122. The molecule has 3 nitrogen and oxygen atoms in total. The smallest absolute Gasteiger partial charge is 0.257 e. The highest BCUT2D eigenvalue weighted by molar-refractivity contribution is 5.37. The molecule has 0 aliphatic carbocycles. The highest BCUT2D eigenvalue weighted by Crippen LogP contribution is 2.07. The number of unbranched alkanes of at least 4 members (excludes halogenated alkanes) is 2. The highest BCUT2D eigenvalue weighted by atomic mass is 19.3. The number of hydrogen-bond acceptors (Lipinski definition) is 2. The molecule has 0 atom stereocenters. The minimum Gasteiger partial charge on any atom is -0.383 e. The quantitative estimate of drug-likeness (QED) is 0.712. The van der Waals surface area contributed by atoms with E-state index in [1.165, 1.54) is 17.5 Å². The molecule has 1 rings (SSSR count). The van der Waals surface area contributed by atoms with Crippen LogP contribution in [-0.2, 0) is 6.54 Å². The summed E-state index contributed by atoms with van der Waals surface area (Å²) < 4.78 is 25.3. The van der Waals surface area contributed by atoms with Gasteiger partial charge in [-0.3, -0.25) is 4.68 Å². The molecule has 0 spiro atoms. The largest absolute Gasteiger partial charge is 0.383 e. The van der Waals surface area contributed by atoms with E-state index < -0.39 is 6.43 Å². The second-order valence-corrected chi connectivity index (χ2v) is 3.48. The van der Waals surface area contributed by atoms with Gasteiger partial charge in [0, 0.05) is 12.7 Å². The lowest BCUT2D eigenvalue weighted by atomic mass is 10.2. The molecule has 0 bridgehead atoms. The summed E-state index contributed by atoms with van der Waals surface area (Å²) in [5.74, 6) is 0. The first-order valence-electron chi connectivity index (χ1n) is 5.27. The van der Waals surface area contributed by atoms with Gasteiger partial charge in [-0.15, -0.1) is 0 Å². The van der Waals surface area contributed by atoms with E-state index in [0.29, 0.717) is 0 Å². The molecule has 0 saturated carbocycles. The molecule has 0 amide bonds. The molecule has 0 aliphatic heterocycles. The van der Waals surface area contributed by atoms with E-state index in [-0.39, 0.29) is 6.54 Å². The number of halogens is 2. The fourth-order valence-corrected chi connectivity index (χ4v) is 1.30. The van der Waals surface area contributed by atoms with Crippen molar-refractivity contribution in [2.75, 3.05) is 11.9 Å². The van der Waals surface area contributed by atoms with E-state index in [1.807, 2.05) is 0 Å². The van der Waals surface area contributed by atoms with Crippen LogP contribution in [0.4, 0.5) is 14.5 Å². The normalized spacial score (nSPS) is 10.9. The number of alkyl halides is 2. The Bertz CT molecular complexity index is 273. The van der Waals surface area contributed by atoms with Gasteiger partial charge in [-0.1, -0.05) is 19.8 Å². The van der Waals surface area contributed by atoms with Gasteiger partial charge in [-0.2, -0.15) is 5.10 Å². The molecule has 0 aliphatic rings. The summed E-state index contributed by atoms with van der Waals surface area (Å²) in [5, 5.41) is 6.97. The predicted octanol–water partition coefficient (Wildman–Crippen LogP) is 2.75. The number of aromatic nitrogens is 2. The maximum absolute atomic E-state index is 12.0. The van der Waals surface area contributed by atoms with Crippen LogP contribution in [0.5, 0.6) is 0 Å². The van der Waals surface area contributed by atoms with Gasteiger partial charge in [0.2, 0.25) is 0 Å². The zero-order chi connectivity index (χ0) is 11.1. The van der Waals surface area contributed by atoms with Gasteiger partial charge >= 0.3 is 0 Å². The van der Waals surface area contributed by atoms with Crippen LogP contribution in [0.1, 0.15) is 26.2 Å². The molecule has 1 heterocycles. The monoisotopic (exact) mass is 217 g/mol. The van der Waals surface area contributed by atoms with Crippen molar-refractivity contribution < 1.29 is 8.78 Å². The molecule has 0 aromatic carbocycles. The fourth-order valence-electron chi connectivity index (χ4n) is 1.30. The van der Waals surface area contributed by atoms with Gasteiger partial charge in [-0.05, 0) is 6.42 Å². The summed E-state index contributed by atoms with van der Waals surface area (Å²) in [6.45, 7) is 2.67. The minimum absolute atomic E-state index is 0.337. The van der Waals surface area contributed by atoms with E-state index in [0.717, 1.165) is 18.7 Å². The van der Waals surface area contributed by atoms with Crippen molar-refractivity contribution in [1.29, 1.82) is 0 Å². The van der Waals surface area contributed by atoms with Gasteiger partial charge in [0.05, 0.1) is 11.9 Å². The van der Waals surface area contributed by atoms with Crippen LogP contribution in [0.25, 0.3) is 0 Å². The third-order valence-corrected chi connectivity index (χ3v) is 2.07. The van der Waals surface area contributed by atoms with Crippen molar-refractivity contribution in [1.82, 2.24) is 9.78 Å². The maximum Gasteiger partial charge on any atom is 0.257 e. The van der Waals surface area contributed by atoms with E-state index in [4.69, 9.17) is 0 Å². The molecule has 0 saturated heterocycles. The number of hydrogen-bond donors (Lipinski definition) is 1. The Morgan fingerprint density at radius 3 is 2.93 bits per heavy atom. The highest BCUT2D eigenvalue weighted by Gasteiger charge is 2.04. The molecular weight excluding hydrogens is 200 g/mol. The Morgan fingerprint density at radius 1 is 1.47 bits per heavy atom. The number of nitrogens with zero attached hydrogens (tertiary/aromatic N) is 2. The van der Waals surface area contributed by atoms with Crippen molar-refractivity contribution in [2.45, 2.75) is 39.2 Å². The number of anilines is 1. The van der Waals surface area contributed by atoms with Crippen LogP contribution in [0.3, 0.4) is 0 Å². The van der Waals surface area contributed by atoms with Crippen molar-refractivity contribution in [3.63, 3.8) is 0 Å². The summed E-state index contributed by atoms with van der Waals surface area (Å²) in [4.78, 5) is 0. The average molecular weight is 217 g/mol. The van der Waals surface area contributed by atoms with E-state index in [9.17, 15) is 8.78 Å². The van der Waals surface area contributed by atoms with Crippen LogP contribution in [-0.4, -0.2) is 22.8 Å². The summed E-state index contributed by atoms with van der Waals surface area (Å²) in [6, 6.07) is 0. The van der Waals surface area contributed by atoms with Crippen LogP contribution in [0.2, 0.25) is 0 Å².